The first-order valence-electron chi connectivity index (χ1n) is 24.2. The van der Waals surface area contributed by atoms with Crippen molar-refractivity contribution in [1.82, 2.24) is 10.6 Å². The third-order valence-electron chi connectivity index (χ3n) is 10.5. The SMILES string of the molecule is CC/C=C\C/C=C\C/C=C\C/C=C\C(CCCCCC(=O)NCC(=O)NC(CO)C(=O)O)OC(=O)CCCCCCCCCCCCC/C=C\CCCCCCCCCC. The number of unbranched alkanes of at least 4 members (excludes halogenated alkanes) is 21. The van der Waals surface area contributed by atoms with E-state index in [0.29, 0.717) is 19.3 Å². The number of amides is 2. The number of carbonyl (C=O) groups excluding carboxylic acids is 3. The van der Waals surface area contributed by atoms with Gasteiger partial charge in [-0.05, 0) is 83.1 Å². The third kappa shape index (κ3) is 41.3. The van der Waals surface area contributed by atoms with E-state index in [4.69, 9.17) is 14.9 Å². The molecule has 0 aliphatic carbocycles. The lowest BCUT2D eigenvalue weighted by molar-refractivity contribution is -0.147. The Morgan fingerprint density at radius 1 is 0.533 bits per heavy atom. The average molecular weight is 841 g/mol. The van der Waals surface area contributed by atoms with E-state index < -0.39 is 24.5 Å². The molecule has 9 nitrogen and oxygen atoms in total. The molecule has 344 valence electrons. The minimum absolute atomic E-state index is 0.162. The number of allylic oxidation sites excluding steroid dienone is 9. The fourth-order valence-electron chi connectivity index (χ4n) is 6.80. The maximum atomic E-state index is 12.8. The van der Waals surface area contributed by atoms with Gasteiger partial charge in [0, 0.05) is 12.8 Å². The van der Waals surface area contributed by atoms with Crippen molar-refractivity contribution in [2.45, 2.75) is 225 Å². The predicted octanol–water partition coefficient (Wildman–Crippen LogP) is 12.5. The molecule has 2 atom stereocenters. The van der Waals surface area contributed by atoms with E-state index in [0.717, 1.165) is 57.8 Å². The summed E-state index contributed by atoms with van der Waals surface area (Å²) in [5.41, 5.74) is 0. The van der Waals surface area contributed by atoms with Crippen molar-refractivity contribution in [3.05, 3.63) is 60.8 Å². The van der Waals surface area contributed by atoms with Gasteiger partial charge >= 0.3 is 11.9 Å². The van der Waals surface area contributed by atoms with Gasteiger partial charge in [-0.15, -0.1) is 0 Å². The van der Waals surface area contributed by atoms with Crippen LogP contribution in [0.25, 0.3) is 0 Å². The van der Waals surface area contributed by atoms with Gasteiger partial charge in [0.15, 0.2) is 0 Å². The van der Waals surface area contributed by atoms with Crippen LogP contribution in [0, 0.1) is 0 Å². The molecular weight excluding hydrogens is 753 g/mol. The maximum Gasteiger partial charge on any atom is 0.328 e. The Balaban J connectivity index is 4.26. The number of aliphatic carboxylic acids is 1. The monoisotopic (exact) mass is 841 g/mol. The second-order valence-electron chi connectivity index (χ2n) is 16.2. The minimum atomic E-state index is -1.40. The Hall–Kier alpha value is -3.46. The summed E-state index contributed by atoms with van der Waals surface area (Å²) < 4.78 is 5.89. The first-order valence-corrected chi connectivity index (χ1v) is 24.2. The molecule has 0 aromatic carbocycles. The molecule has 0 aromatic rings. The fourth-order valence-corrected chi connectivity index (χ4v) is 6.80. The maximum absolute atomic E-state index is 12.8. The molecule has 0 fully saturated rings. The number of carbonyl (C=O) groups is 4. The number of nitrogens with one attached hydrogen (secondary N) is 2. The molecule has 4 N–H and O–H groups in total. The number of rotatable bonds is 43. The zero-order chi connectivity index (χ0) is 44.0. The van der Waals surface area contributed by atoms with Crippen LogP contribution in [0.5, 0.6) is 0 Å². The summed E-state index contributed by atoms with van der Waals surface area (Å²) in [4.78, 5) is 47.8. The Morgan fingerprint density at radius 2 is 1.00 bits per heavy atom. The van der Waals surface area contributed by atoms with Gasteiger partial charge in [0.25, 0.3) is 0 Å². The Morgan fingerprint density at radius 3 is 1.52 bits per heavy atom. The van der Waals surface area contributed by atoms with Gasteiger partial charge < -0.3 is 25.6 Å². The van der Waals surface area contributed by atoms with Gasteiger partial charge in [0.2, 0.25) is 11.8 Å². The van der Waals surface area contributed by atoms with Gasteiger partial charge in [-0.25, -0.2) is 4.79 Å². The van der Waals surface area contributed by atoms with Crippen molar-refractivity contribution in [2.75, 3.05) is 13.2 Å². The van der Waals surface area contributed by atoms with Gasteiger partial charge in [-0.1, -0.05) is 178 Å². The van der Waals surface area contributed by atoms with Crippen molar-refractivity contribution in [3.63, 3.8) is 0 Å². The number of ether oxygens (including phenoxy) is 1. The van der Waals surface area contributed by atoms with Crippen LogP contribution >= 0.6 is 0 Å². The van der Waals surface area contributed by atoms with Crippen molar-refractivity contribution in [2.24, 2.45) is 0 Å². The van der Waals surface area contributed by atoms with Crippen molar-refractivity contribution >= 4 is 23.8 Å². The third-order valence-corrected chi connectivity index (χ3v) is 10.5. The molecule has 0 saturated heterocycles. The first kappa shape index (κ1) is 56.5. The van der Waals surface area contributed by atoms with Gasteiger partial charge in [-0.2, -0.15) is 0 Å². The molecule has 2 amide bonds. The van der Waals surface area contributed by atoms with Crippen LogP contribution in [0.4, 0.5) is 0 Å². The number of esters is 1. The molecule has 0 spiro atoms. The summed E-state index contributed by atoms with van der Waals surface area (Å²) in [6.45, 7) is 3.32. The van der Waals surface area contributed by atoms with E-state index in [9.17, 15) is 19.2 Å². The van der Waals surface area contributed by atoms with Crippen LogP contribution in [0.15, 0.2) is 60.8 Å². The highest BCUT2D eigenvalue weighted by atomic mass is 16.5. The smallest absolute Gasteiger partial charge is 0.328 e. The summed E-state index contributed by atoms with van der Waals surface area (Å²) in [7, 11) is 0. The Labute approximate surface area is 366 Å². The lowest BCUT2D eigenvalue weighted by Crippen LogP contribution is -2.47. The topological polar surface area (TPSA) is 142 Å². The van der Waals surface area contributed by atoms with Crippen LogP contribution in [0.1, 0.15) is 213 Å². The van der Waals surface area contributed by atoms with Gasteiger partial charge in [0.1, 0.15) is 12.1 Å². The fraction of sp³-hybridized carbons (Fsp3) is 0.725. The van der Waals surface area contributed by atoms with Crippen molar-refractivity contribution in [3.8, 4) is 0 Å². The van der Waals surface area contributed by atoms with E-state index in [-0.39, 0.29) is 30.9 Å². The van der Waals surface area contributed by atoms with Crippen LogP contribution in [0.3, 0.4) is 0 Å². The van der Waals surface area contributed by atoms with Crippen LogP contribution in [0.2, 0.25) is 0 Å². The quantitative estimate of drug-likeness (QED) is 0.0272. The standard InChI is InChI=1S/C51H88N2O7/c1-3-5-7-9-11-13-15-16-17-18-19-20-21-22-23-24-25-26-28-30-32-34-39-43-50(57)60-46(40-36-33-31-29-27-14-12-10-8-6-4-2)41-37-35-38-42-48(55)52-44-49(56)53-47(45-54)51(58)59/h6,8,12,14,18-19,29,31,36,40,46-47,54H,3-5,7,9-11,13,15-17,20-28,30,32-35,37-39,41-45H2,1-2H3,(H,52,55)(H,53,56)(H,58,59)/b8-6-,14-12-,19-18-,31-29-,40-36-. The Kier molecular flexibility index (Phi) is 42.5. The number of hydrogen-bond acceptors (Lipinski definition) is 6. The van der Waals surface area contributed by atoms with Crippen LogP contribution in [-0.4, -0.2) is 59.3 Å². The lowest BCUT2D eigenvalue weighted by atomic mass is 10.0. The second kappa shape index (κ2) is 45.1. The zero-order valence-electron chi connectivity index (χ0n) is 38.2. The largest absolute Gasteiger partial charge is 0.480 e. The summed E-state index contributed by atoms with van der Waals surface area (Å²) in [5, 5.41) is 22.6. The molecule has 0 aliphatic heterocycles. The lowest BCUT2D eigenvalue weighted by Gasteiger charge is -2.15. The van der Waals surface area contributed by atoms with E-state index in [1.807, 2.05) is 12.2 Å². The van der Waals surface area contributed by atoms with Gasteiger partial charge in [0.05, 0.1) is 13.2 Å². The zero-order valence-corrected chi connectivity index (χ0v) is 38.2. The molecule has 0 saturated carbocycles. The van der Waals surface area contributed by atoms with Gasteiger partial charge in [-0.3, -0.25) is 14.4 Å². The average Bonchev–Trinajstić information content (AvgIpc) is 3.23. The van der Waals surface area contributed by atoms with E-state index in [1.54, 1.807) is 0 Å². The molecule has 0 bridgehead atoms. The molecular formula is C51H88N2O7. The molecule has 9 heteroatoms. The number of hydrogen-bond donors (Lipinski definition) is 4. The van der Waals surface area contributed by atoms with E-state index in [2.05, 4.69) is 73.1 Å². The number of aliphatic hydroxyl groups excluding tert-OH is 1. The molecule has 0 heterocycles. The molecule has 0 rings (SSSR count). The van der Waals surface area contributed by atoms with E-state index in [1.165, 1.54) is 116 Å². The molecule has 60 heavy (non-hydrogen) atoms. The van der Waals surface area contributed by atoms with Crippen LogP contribution in [-0.2, 0) is 23.9 Å². The number of carboxylic acids is 1. The Bertz CT molecular complexity index is 1190. The highest BCUT2D eigenvalue weighted by molar-refractivity contribution is 5.87. The highest BCUT2D eigenvalue weighted by Crippen LogP contribution is 2.16. The van der Waals surface area contributed by atoms with Crippen molar-refractivity contribution < 1.29 is 34.1 Å². The number of aliphatic hydroxyl groups is 1. The summed E-state index contributed by atoms with van der Waals surface area (Å²) in [5.74, 6) is -2.50. The van der Waals surface area contributed by atoms with Crippen molar-refractivity contribution in [1.29, 1.82) is 0 Å². The molecule has 0 aliphatic rings. The van der Waals surface area contributed by atoms with Crippen LogP contribution < -0.4 is 10.6 Å². The molecule has 0 aromatic heterocycles. The number of carboxylic acid groups (broad SMARTS) is 1. The molecule has 2 unspecified atom stereocenters. The normalized spacial score (nSPS) is 13.0. The summed E-state index contributed by atoms with van der Waals surface area (Å²) >= 11 is 0. The first-order chi connectivity index (χ1) is 29.3. The summed E-state index contributed by atoms with van der Waals surface area (Å²) in [6.07, 6.45) is 55.7. The summed E-state index contributed by atoms with van der Waals surface area (Å²) in [6, 6.07) is -1.40. The van der Waals surface area contributed by atoms with E-state index >= 15 is 0 Å². The second-order valence-corrected chi connectivity index (χ2v) is 16.2. The predicted molar refractivity (Wildman–Crippen MR) is 250 cm³/mol. The highest BCUT2D eigenvalue weighted by Gasteiger charge is 2.19. The molecule has 0 radical (unpaired) electrons. The minimum Gasteiger partial charge on any atom is -0.480 e.